The third-order valence-corrected chi connectivity index (χ3v) is 3.32. The van der Waals surface area contributed by atoms with Gasteiger partial charge in [0.05, 0.1) is 10.8 Å². The summed E-state index contributed by atoms with van der Waals surface area (Å²) >= 11 is 5.67. The van der Waals surface area contributed by atoms with Gasteiger partial charge in [-0.1, -0.05) is 56.0 Å². The Labute approximate surface area is 123 Å². The van der Waals surface area contributed by atoms with E-state index in [0.29, 0.717) is 0 Å². The van der Waals surface area contributed by atoms with Crippen LogP contribution in [0.3, 0.4) is 0 Å². The SMILES string of the molecule is C[Si](C)(C)Cl.O=S(c1ccccc1)c1ccccc1. The first-order valence-electron chi connectivity index (χ1n) is 6.09. The lowest BCUT2D eigenvalue weighted by molar-refractivity contribution is 0.683. The number of hydrogen-bond acceptors (Lipinski definition) is 1. The van der Waals surface area contributed by atoms with E-state index in [1.54, 1.807) is 0 Å². The first-order valence-corrected chi connectivity index (χ1v) is 11.7. The van der Waals surface area contributed by atoms with Crippen molar-refractivity contribution >= 4 is 29.3 Å². The van der Waals surface area contributed by atoms with E-state index in [0.717, 1.165) is 9.79 Å². The minimum atomic E-state index is -1.14. The monoisotopic (exact) mass is 310 g/mol. The minimum absolute atomic E-state index is 0.846. The zero-order valence-corrected chi connectivity index (χ0v) is 14.0. The van der Waals surface area contributed by atoms with Gasteiger partial charge in [0, 0.05) is 9.79 Å². The average Bonchev–Trinajstić information content (AvgIpc) is 2.38. The molecule has 2 aromatic carbocycles. The molecular weight excluding hydrogens is 292 g/mol. The average molecular weight is 311 g/mol. The van der Waals surface area contributed by atoms with Gasteiger partial charge in [0.25, 0.3) is 0 Å². The lowest BCUT2D eigenvalue weighted by atomic mass is 10.4. The molecule has 1 nitrogen and oxygen atoms in total. The van der Waals surface area contributed by atoms with Gasteiger partial charge in [0.1, 0.15) is 7.38 Å². The van der Waals surface area contributed by atoms with Crippen molar-refractivity contribution in [1.29, 1.82) is 0 Å². The van der Waals surface area contributed by atoms with Crippen LogP contribution in [0.25, 0.3) is 0 Å². The van der Waals surface area contributed by atoms with Crippen molar-refractivity contribution in [1.82, 2.24) is 0 Å². The Balaban J connectivity index is 0.000000312. The summed E-state index contributed by atoms with van der Waals surface area (Å²) in [7, 11) is -2.19. The summed E-state index contributed by atoms with van der Waals surface area (Å²) in [5, 5.41) is 0. The maximum absolute atomic E-state index is 12.0. The Morgan fingerprint density at radius 3 is 1.32 bits per heavy atom. The van der Waals surface area contributed by atoms with Crippen molar-refractivity contribution < 1.29 is 4.21 Å². The van der Waals surface area contributed by atoms with E-state index in [1.165, 1.54) is 0 Å². The van der Waals surface area contributed by atoms with Crippen molar-refractivity contribution in [2.75, 3.05) is 0 Å². The zero-order chi connectivity index (χ0) is 14.3. The summed E-state index contributed by atoms with van der Waals surface area (Å²) in [6, 6.07) is 19.0. The third kappa shape index (κ3) is 7.30. The molecule has 0 unspecified atom stereocenters. The fourth-order valence-electron chi connectivity index (χ4n) is 1.22. The van der Waals surface area contributed by atoms with Crippen LogP contribution in [0, 0.1) is 0 Å². The Morgan fingerprint density at radius 1 is 0.789 bits per heavy atom. The Bertz CT molecular complexity index is 461. The molecule has 0 saturated heterocycles. The molecule has 0 N–H and O–H groups in total. The molecule has 0 fully saturated rings. The molecule has 19 heavy (non-hydrogen) atoms. The summed E-state index contributed by atoms with van der Waals surface area (Å²) in [4.78, 5) is 1.69. The van der Waals surface area contributed by atoms with Crippen molar-refractivity contribution in [3.8, 4) is 0 Å². The summed E-state index contributed by atoms with van der Waals surface area (Å²) < 4.78 is 12.0. The van der Waals surface area contributed by atoms with E-state index in [1.807, 2.05) is 60.7 Å². The van der Waals surface area contributed by atoms with Gasteiger partial charge in [0.2, 0.25) is 0 Å². The second-order valence-corrected chi connectivity index (χ2v) is 14.0. The normalized spacial score (nSPS) is 10.8. The van der Waals surface area contributed by atoms with Crippen molar-refractivity contribution in [3.05, 3.63) is 60.7 Å². The molecule has 0 aliphatic rings. The maximum atomic E-state index is 12.0. The van der Waals surface area contributed by atoms with Crippen LogP contribution in [0.5, 0.6) is 0 Å². The molecule has 0 spiro atoms. The van der Waals surface area contributed by atoms with Crippen LogP contribution >= 0.6 is 11.1 Å². The summed E-state index contributed by atoms with van der Waals surface area (Å²) in [5.74, 6) is 0. The molecule has 0 aliphatic carbocycles. The molecular formula is C15H19ClOSSi. The van der Waals surface area contributed by atoms with E-state index in [9.17, 15) is 4.21 Å². The number of hydrogen-bond donors (Lipinski definition) is 0. The second kappa shape index (κ2) is 7.63. The van der Waals surface area contributed by atoms with E-state index in [2.05, 4.69) is 19.6 Å². The second-order valence-electron chi connectivity index (χ2n) is 4.96. The minimum Gasteiger partial charge on any atom is -0.249 e. The van der Waals surface area contributed by atoms with Gasteiger partial charge < -0.3 is 0 Å². The van der Waals surface area contributed by atoms with Gasteiger partial charge in [-0.2, -0.15) is 11.1 Å². The highest BCUT2D eigenvalue weighted by atomic mass is 35.6. The molecule has 0 radical (unpaired) electrons. The molecule has 0 bridgehead atoms. The van der Waals surface area contributed by atoms with Crippen LogP contribution in [0.1, 0.15) is 0 Å². The fraction of sp³-hybridized carbons (Fsp3) is 0.200. The van der Waals surface area contributed by atoms with Crippen molar-refractivity contribution in [3.63, 3.8) is 0 Å². The lowest BCUT2D eigenvalue weighted by Crippen LogP contribution is -2.06. The molecule has 0 atom stereocenters. The van der Waals surface area contributed by atoms with E-state index in [4.69, 9.17) is 11.1 Å². The van der Waals surface area contributed by atoms with Crippen LogP contribution in [-0.2, 0) is 10.8 Å². The van der Waals surface area contributed by atoms with Crippen LogP contribution in [0.2, 0.25) is 19.6 Å². The summed E-state index contributed by atoms with van der Waals surface area (Å²) in [6.07, 6.45) is 0. The number of rotatable bonds is 2. The first-order chi connectivity index (χ1) is 8.88. The molecule has 0 saturated carbocycles. The van der Waals surface area contributed by atoms with Crippen LogP contribution in [0.4, 0.5) is 0 Å². The van der Waals surface area contributed by atoms with Gasteiger partial charge in [-0.15, -0.1) is 0 Å². The highest BCUT2D eigenvalue weighted by molar-refractivity contribution is 7.85. The standard InChI is InChI=1S/C12H10OS.C3H9ClSi/c13-14(11-7-3-1-4-8-11)12-9-5-2-6-10-12;1-5(2,3)4/h1-10H;1-3H3. The quantitative estimate of drug-likeness (QED) is 0.569. The molecule has 4 heteroatoms. The van der Waals surface area contributed by atoms with Crippen molar-refractivity contribution in [2.45, 2.75) is 29.4 Å². The molecule has 2 rings (SSSR count). The van der Waals surface area contributed by atoms with Crippen LogP contribution in [-0.4, -0.2) is 11.6 Å². The highest BCUT2D eigenvalue weighted by Crippen LogP contribution is 2.14. The van der Waals surface area contributed by atoms with Gasteiger partial charge >= 0.3 is 0 Å². The van der Waals surface area contributed by atoms with Gasteiger partial charge in [0.15, 0.2) is 0 Å². The van der Waals surface area contributed by atoms with Gasteiger partial charge in [-0.05, 0) is 24.3 Å². The van der Waals surface area contributed by atoms with E-state index < -0.39 is 18.2 Å². The maximum Gasteiger partial charge on any atom is 0.147 e. The largest absolute Gasteiger partial charge is 0.249 e. The molecule has 0 aliphatic heterocycles. The van der Waals surface area contributed by atoms with Crippen molar-refractivity contribution in [2.24, 2.45) is 0 Å². The summed E-state index contributed by atoms with van der Waals surface area (Å²) in [6.45, 7) is 6.28. The summed E-state index contributed by atoms with van der Waals surface area (Å²) in [5.41, 5.74) is 0. The molecule has 0 heterocycles. The van der Waals surface area contributed by atoms with Gasteiger partial charge in [-0.3, -0.25) is 0 Å². The smallest absolute Gasteiger partial charge is 0.147 e. The predicted molar refractivity (Wildman–Crippen MR) is 86.8 cm³/mol. The Kier molecular flexibility index (Phi) is 6.49. The predicted octanol–water partition coefficient (Wildman–Crippen LogP) is 4.91. The Hall–Kier alpha value is -0.903. The zero-order valence-electron chi connectivity index (χ0n) is 11.5. The number of benzene rings is 2. The topological polar surface area (TPSA) is 17.1 Å². The van der Waals surface area contributed by atoms with Crippen LogP contribution < -0.4 is 0 Å². The first kappa shape index (κ1) is 16.2. The molecule has 0 aromatic heterocycles. The van der Waals surface area contributed by atoms with Gasteiger partial charge in [-0.25, -0.2) is 4.21 Å². The lowest BCUT2D eigenvalue weighted by Gasteiger charge is -2.00. The highest BCUT2D eigenvalue weighted by Gasteiger charge is 2.04. The molecule has 2 aromatic rings. The number of halogens is 1. The molecule has 0 amide bonds. The fourth-order valence-corrected chi connectivity index (χ4v) is 2.31. The molecule has 102 valence electrons. The van der Waals surface area contributed by atoms with E-state index >= 15 is 0 Å². The third-order valence-electron chi connectivity index (χ3n) is 1.91. The van der Waals surface area contributed by atoms with Crippen LogP contribution in [0.15, 0.2) is 70.5 Å². The van der Waals surface area contributed by atoms with E-state index in [-0.39, 0.29) is 0 Å². The Morgan fingerprint density at radius 2 is 1.05 bits per heavy atom.